The molecule has 0 saturated carbocycles. The largest absolute Gasteiger partial charge is 0.258 e. The number of hydrogen-bond donors (Lipinski definition) is 0. The maximum absolute atomic E-state index is 4.44. The van der Waals surface area contributed by atoms with E-state index < -0.39 is 0 Å². The van der Waals surface area contributed by atoms with Gasteiger partial charge in [-0.3, -0.25) is 9.97 Å². The summed E-state index contributed by atoms with van der Waals surface area (Å²) in [5, 5.41) is 0. The van der Waals surface area contributed by atoms with Gasteiger partial charge in [-0.15, -0.1) is 0 Å². The van der Waals surface area contributed by atoms with Crippen molar-refractivity contribution in [3.8, 4) is 0 Å². The molecule has 4 aliphatic heterocycles. The Hall–Kier alpha value is -1.70. The van der Waals surface area contributed by atoms with E-state index in [-0.39, 0.29) is 0 Å². The molecule has 0 amide bonds. The predicted molar refractivity (Wildman–Crippen MR) is 63.3 cm³/mol. The minimum absolute atomic E-state index is 0.979. The van der Waals surface area contributed by atoms with Crippen LogP contribution >= 0.6 is 0 Å². The summed E-state index contributed by atoms with van der Waals surface area (Å²) in [5.41, 5.74) is 4.95. The van der Waals surface area contributed by atoms with Crippen LogP contribution < -0.4 is 0 Å². The molecule has 6 rings (SSSR count). The molecule has 1 aromatic heterocycles. The quantitative estimate of drug-likeness (QED) is 0.667. The molecule has 2 heteroatoms. The van der Waals surface area contributed by atoms with Crippen LogP contribution in [-0.4, -0.2) is 9.97 Å². The van der Waals surface area contributed by atoms with Crippen molar-refractivity contribution in [1.82, 2.24) is 9.97 Å². The molecule has 0 saturated heterocycles. The highest BCUT2D eigenvalue weighted by molar-refractivity contribution is 5.24. The van der Waals surface area contributed by atoms with Gasteiger partial charge in [0.2, 0.25) is 0 Å². The van der Waals surface area contributed by atoms with Crippen LogP contribution in [0.5, 0.6) is 0 Å². The van der Waals surface area contributed by atoms with Gasteiger partial charge in [-0.2, -0.15) is 0 Å². The second-order valence-electron chi connectivity index (χ2n) is 4.32. The average Bonchev–Trinajstić information content (AvgIpc) is 2.33. The van der Waals surface area contributed by atoms with Gasteiger partial charge in [0.25, 0.3) is 0 Å². The summed E-state index contributed by atoms with van der Waals surface area (Å²) < 4.78 is 0. The molecule has 2 aromatic rings. The lowest BCUT2D eigenvalue weighted by Gasteiger charge is -2.07. The molecule has 80 valence electrons. The topological polar surface area (TPSA) is 25.8 Å². The Morgan fingerprint density at radius 2 is 1.06 bits per heavy atom. The minimum atomic E-state index is 0.979. The highest BCUT2D eigenvalue weighted by Crippen LogP contribution is 2.11. The molecule has 16 heavy (non-hydrogen) atoms. The zero-order valence-electron chi connectivity index (χ0n) is 9.19. The fraction of sp³-hybridized carbons (Fsp3) is 0.286. The lowest BCUT2D eigenvalue weighted by molar-refractivity contribution is 0.842. The second kappa shape index (κ2) is 4.05. The fourth-order valence-corrected chi connectivity index (χ4v) is 2.06. The van der Waals surface area contributed by atoms with E-state index in [0.29, 0.717) is 0 Å². The molecular weight excluding hydrogens is 196 g/mol. The van der Waals surface area contributed by atoms with Crippen LogP contribution in [0.2, 0.25) is 0 Å². The van der Waals surface area contributed by atoms with Crippen molar-refractivity contribution < 1.29 is 0 Å². The fourth-order valence-electron chi connectivity index (χ4n) is 2.06. The van der Waals surface area contributed by atoms with Crippen molar-refractivity contribution >= 4 is 0 Å². The van der Waals surface area contributed by atoms with Gasteiger partial charge < -0.3 is 0 Å². The number of rotatable bonds is 0. The third-order valence-electron chi connectivity index (χ3n) is 3.12. The maximum Gasteiger partial charge on any atom is 0.0590 e. The second-order valence-corrected chi connectivity index (χ2v) is 4.32. The predicted octanol–water partition coefficient (Wildman–Crippen LogP) is 2.36. The summed E-state index contributed by atoms with van der Waals surface area (Å²) in [7, 11) is 0. The van der Waals surface area contributed by atoms with Crippen molar-refractivity contribution in [1.29, 1.82) is 0 Å². The van der Waals surface area contributed by atoms with Crippen LogP contribution in [0.3, 0.4) is 0 Å². The maximum atomic E-state index is 4.44. The van der Waals surface area contributed by atoms with Crippen LogP contribution in [-0.2, 0) is 25.7 Å². The van der Waals surface area contributed by atoms with E-state index in [4.69, 9.17) is 0 Å². The third kappa shape index (κ3) is 1.96. The molecule has 0 fully saturated rings. The Morgan fingerprint density at radius 1 is 0.625 bits per heavy atom. The Bertz CT molecular complexity index is 378. The van der Waals surface area contributed by atoms with Crippen molar-refractivity contribution in [2.24, 2.45) is 0 Å². The zero-order chi connectivity index (χ0) is 10.8. The molecular formula is C14H14N2. The van der Waals surface area contributed by atoms with Crippen molar-refractivity contribution in [2.75, 3.05) is 0 Å². The van der Waals surface area contributed by atoms with Gasteiger partial charge in [0.05, 0.1) is 11.4 Å². The molecule has 4 aliphatic rings. The Kier molecular flexibility index (Phi) is 2.41. The van der Waals surface area contributed by atoms with E-state index in [0.717, 1.165) is 37.1 Å². The van der Waals surface area contributed by atoms with Crippen LogP contribution in [0.15, 0.2) is 36.7 Å². The molecule has 5 heterocycles. The van der Waals surface area contributed by atoms with Crippen molar-refractivity contribution in [3.05, 3.63) is 59.2 Å². The number of nitrogens with zero attached hydrogens (tertiary/aromatic N) is 2. The van der Waals surface area contributed by atoms with Gasteiger partial charge in [-0.25, -0.2) is 0 Å². The van der Waals surface area contributed by atoms with Crippen LogP contribution in [0.1, 0.15) is 22.5 Å². The summed E-state index contributed by atoms with van der Waals surface area (Å²) in [6.07, 6.45) is 7.90. The molecule has 0 atom stereocenters. The molecule has 2 nitrogen and oxygen atoms in total. The number of aryl methyl sites for hydroxylation is 4. The van der Waals surface area contributed by atoms with Gasteiger partial charge in [0.1, 0.15) is 0 Å². The first-order valence-electron chi connectivity index (χ1n) is 5.78. The highest BCUT2D eigenvalue weighted by atomic mass is 14.8. The average molecular weight is 210 g/mol. The van der Waals surface area contributed by atoms with Gasteiger partial charge in [-0.05, 0) is 36.8 Å². The van der Waals surface area contributed by atoms with Crippen molar-refractivity contribution in [3.63, 3.8) is 0 Å². The molecule has 0 unspecified atom stereocenters. The first-order valence-corrected chi connectivity index (χ1v) is 5.78. The van der Waals surface area contributed by atoms with E-state index in [1.807, 2.05) is 12.4 Å². The summed E-state index contributed by atoms with van der Waals surface area (Å²) in [6.45, 7) is 0. The Labute approximate surface area is 95.4 Å². The van der Waals surface area contributed by atoms with E-state index in [9.17, 15) is 0 Å². The molecule has 0 radical (unpaired) electrons. The standard InChI is InChI=1S/C14H14N2/c1-2-12-4-3-11(1)5-7-13-9-16-14(8-6-12)10-15-13/h1-4,9-10H,5-8H2. The van der Waals surface area contributed by atoms with Gasteiger partial charge >= 0.3 is 0 Å². The van der Waals surface area contributed by atoms with Crippen molar-refractivity contribution in [2.45, 2.75) is 25.7 Å². The first-order chi connectivity index (χ1) is 7.90. The van der Waals surface area contributed by atoms with E-state index >= 15 is 0 Å². The molecule has 0 spiro atoms. The summed E-state index contributed by atoms with van der Waals surface area (Å²) in [4.78, 5) is 8.89. The zero-order valence-corrected chi connectivity index (χ0v) is 9.19. The lowest BCUT2D eigenvalue weighted by atomic mass is 10.0. The summed E-state index contributed by atoms with van der Waals surface area (Å²) in [6, 6.07) is 8.93. The molecule has 1 aromatic carbocycles. The normalized spacial score (nSPS) is 14.5. The summed E-state index contributed by atoms with van der Waals surface area (Å²) in [5.74, 6) is 0. The smallest absolute Gasteiger partial charge is 0.0590 e. The van der Waals surface area contributed by atoms with Gasteiger partial charge in [-0.1, -0.05) is 24.3 Å². The Morgan fingerprint density at radius 3 is 1.44 bits per heavy atom. The minimum Gasteiger partial charge on any atom is -0.258 e. The van der Waals surface area contributed by atoms with E-state index in [2.05, 4.69) is 34.2 Å². The molecule has 0 aliphatic carbocycles. The van der Waals surface area contributed by atoms with E-state index in [1.54, 1.807) is 0 Å². The Balaban J connectivity index is 1.97. The molecule has 0 N–H and O–H groups in total. The third-order valence-corrected chi connectivity index (χ3v) is 3.12. The number of benzene rings is 1. The summed E-state index contributed by atoms with van der Waals surface area (Å²) >= 11 is 0. The number of aromatic nitrogens is 2. The van der Waals surface area contributed by atoms with Crippen LogP contribution in [0.25, 0.3) is 0 Å². The molecule has 4 bridgehead atoms. The SMILES string of the molecule is c1cc2ccc1CCc1cnc(cn1)CC2. The van der Waals surface area contributed by atoms with E-state index in [1.165, 1.54) is 11.1 Å². The van der Waals surface area contributed by atoms with Crippen LogP contribution in [0, 0.1) is 0 Å². The number of hydrogen-bond acceptors (Lipinski definition) is 2. The van der Waals surface area contributed by atoms with Crippen LogP contribution in [0.4, 0.5) is 0 Å². The highest BCUT2D eigenvalue weighted by Gasteiger charge is 2.03. The monoisotopic (exact) mass is 210 g/mol. The van der Waals surface area contributed by atoms with Gasteiger partial charge in [0.15, 0.2) is 0 Å². The first kappa shape index (κ1) is 9.52. The lowest BCUT2D eigenvalue weighted by Crippen LogP contribution is -2.02. The van der Waals surface area contributed by atoms with Gasteiger partial charge in [0, 0.05) is 12.4 Å².